The summed E-state index contributed by atoms with van der Waals surface area (Å²) in [4.78, 5) is 16.7. The first kappa shape index (κ1) is 15.2. The number of hydrogen-bond acceptors (Lipinski definition) is 3. The van der Waals surface area contributed by atoms with E-state index in [9.17, 15) is 4.79 Å². The minimum Gasteiger partial charge on any atom is -0.342 e. The topological polar surface area (TPSA) is 23.6 Å². The number of carbonyl (C=O) groups excluding carboxylic acids is 1. The lowest BCUT2D eigenvalue weighted by Gasteiger charge is -2.30. The molecule has 0 aliphatic carbocycles. The fourth-order valence-corrected chi connectivity index (χ4v) is 3.77. The third kappa shape index (κ3) is 5.35. The van der Waals surface area contributed by atoms with Crippen molar-refractivity contribution in [1.82, 2.24) is 9.80 Å². The summed E-state index contributed by atoms with van der Waals surface area (Å²) in [6, 6.07) is 0. The van der Waals surface area contributed by atoms with Crippen LogP contribution >= 0.6 is 11.8 Å². The molecule has 2 fully saturated rings. The quantitative estimate of drug-likeness (QED) is 0.725. The van der Waals surface area contributed by atoms with Crippen LogP contribution in [0.25, 0.3) is 0 Å². The molecule has 2 rings (SSSR count). The van der Waals surface area contributed by atoms with Gasteiger partial charge in [-0.2, -0.15) is 11.8 Å². The second-order valence-corrected chi connectivity index (χ2v) is 7.12. The highest BCUT2D eigenvalue weighted by Crippen LogP contribution is 2.17. The summed E-state index contributed by atoms with van der Waals surface area (Å²) in [5, 5.41) is 0. The molecule has 0 aromatic carbocycles. The molecule has 2 aliphatic rings. The highest BCUT2D eigenvalue weighted by molar-refractivity contribution is 7.99. The summed E-state index contributed by atoms with van der Waals surface area (Å²) >= 11 is 1.82. The minimum atomic E-state index is 0.357. The van der Waals surface area contributed by atoms with Gasteiger partial charge in [0.15, 0.2) is 0 Å². The first-order chi connectivity index (χ1) is 9.25. The SMILES string of the molecule is CC1CCN(C(=O)CSCCN2CCCCC2)CC1. The van der Waals surface area contributed by atoms with E-state index in [-0.39, 0.29) is 0 Å². The van der Waals surface area contributed by atoms with Gasteiger partial charge in [0, 0.05) is 25.4 Å². The van der Waals surface area contributed by atoms with Crippen LogP contribution in [0.3, 0.4) is 0 Å². The average Bonchev–Trinajstić information content (AvgIpc) is 2.45. The Hall–Kier alpha value is -0.220. The molecule has 0 spiro atoms. The Morgan fingerprint density at radius 1 is 1.11 bits per heavy atom. The molecule has 0 atom stereocenters. The third-order valence-corrected chi connectivity index (χ3v) is 5.28. The van der Waals surface area contributed by atoms with Gasteiger partial charge in [-0.15, -0.1) is 0 Å². The minimum absolute atomic E-state index is 0.357. The molecule has 110 valence electrons. The Morgan fingerprint density at radius 2 is 1.79 bits per heavy atom. The van der Waals surface area contributed by atoms with Gasteiger partial charge in [-0.25, -0.2) is 0 Å². The maximum Gasteiger partial charge on any atom is 0.232 e. The van der Waals surface area contributed by atoms with E-state index >= 15 is 0 Å². The Morgan fingerprint density at radius 3 is 2.47 bits per heavy atom. The molecular formula is C15H28N2OS. The van der Waals surface area contributed by atoms with Gasteiger partial charge in [0.2, 0.25) is 5.91 Å². The van der Waals surface area contributed by atoms with Crippen LogP contribution < -0.4 is 0 Å². The molecule has 0 saturated carbocycles. The third-order valence-electron chi connectivity index (χ3n) is 4.36. The molecule has 0 aromatic rings. The molecule has 2 aliphatic heterocycles. The number of piperidine rings is 2. The van der Waals surface area contributed by atoms with E-state index in [1.807, 2.05) is 11.8 Å². The summed E-state index contributed by atoms with van der Waals surface area (Å²) in [6.45, 7) is 7.93. The molecule has 3 nitrogen and oxygen atoms in total. The summed E-state index contributed by atoms with van der Waals surface area (Å²) < 4.78 is 0. The van der Waals surface area contributed by atoms with Gasteiger partial charge < -0.3 is 9.80 Å². The summed E-state index contributed by atoms with van der Waals surface area (Å²) in [7, 11) is 0. The number of amides is 1. The standard InChI is InChI=1S/C15H28N2OS/c1-14-5-9-17(10-6-14)15(18)13-19-12-11-16-7-3-2-4-8-16/h14H,2-13H2,1H3. The highest BCUT2D eigenvalue weighted by atomic mass is 32.2. The van der Waals surface area contributed by atoms with Crippen LogP contribution in [0.2, 0.25) is 0 Å². The molecule has 2 heterocycles. The highest BCUT2D eigenvalue weighted by Gasteiger charge is 2.19. The molecule has 0 N–H and O–H groups in total. The Bertz CT molecular complexity index is 271. The molecule has 2 saturated heterocycles. The van der Waals surface area contributed by atoms with Gasteiger partial charge in [0.1, 0.15) is 0 Å². The van der Waals surface area contributed by atoms with Crippen molar-refractivity contribution in [3.63, 3.8) is 0 Å². The monoisotopic (exact) mass is 284 g/mol. The van der Waals surface area contributed by atoms with Crippen LogP contribution in [0.15, 0.2) is 0 Å². The van der Waals surface area contributed by atoms with Crippen molar-refractivity contribution in [1.29, 1.82) is 0 Å². The molecular weight excluding hydrogens is 256 g/mol. The second-order valence-electron chi connectivity index (χ2n) is 6.02. The van der Waals surface area contributed by atoms with Crippen LogP contribution in [0.5, 0.6) is 0 Å². The van der Waals surface area contributed by atoms with E-state index in [4.69, 9.17) is 0 Å². The predicted octanol–water partition coefficient (Wildman–Crippen LogP) is 2.46. The fourth-order valence-electron chi connectivity index (χ4n) is 2.89. The largest absolute Gasteiger partial charge is 0.342 e. The molecule has 0 aromatic heterocycles. The van der Waals surface area contributed by atoms with E-state index in [1.54, 1.807) is 0 Å². The lowest BCUT2D eigenvalue weighted by Crippen LogP contribution is -2.39. The van der Waals surface area contributed by atoms with Crippen LogP contribution in [-0.2, 0) is 4.79 Å². The zero-order chi connectivity index (χ0) is 13.5. The van der Waals surface area contributed by atoms with Crippen molar-refractivity contribution in [2.75, 3.05) is 44.2 Å². The van der Waals surface area contributed by atoms with E-state index in [1.165, 1.54) is 45.2 Å². The van der Waals surface area contributed by atoms with Gasteiger partial charge in [0.25, 0.3) is 0 Å². The van der Waals surface area contributed by atoms with Crippen LogP contribution in [0.4, 0.5) is 0 Å². The number of likely N-dealkylation sites (tertiary alicyclic amines) is 2. The zero-order valence-corrected chi connectivity index (χ0v) is 13.1. The van der Waals surface area contributed by atoms with E-state index < -0.39 is 0 Å². The molecule has 0 bridgehead atoms. The van der Waals surface area contributed by atoms with Crippen molar-refractivity contribution < 1.29 is 4.79 Å². The van der Waals surface area contributed by atoms with Crippen molar-refractivity contribution in [3.8, 4) is 0 Å². The van der Waals surface area contributed by atoms with E-state index in [0.717, 1.165) is 31.3 Å². The average molecular weight is 284 g/mol. The molecule has 0 radical (unpaired) electrons. The number of carbonyl (C=O) groups is 1. The fraction of sp³-hybridized carbons (Fsp3) is 0.933. The summed E-state index contributed by atoms with van der Waals surface area (Å²) in [5.74, 6) is 2.95. The molecule has 0 unspecified atom stereocenters. The molecule has 4 heteroatoms. The normalized spacial score (nSPS) is 22.7. The predicted molar refractivity (Wildman–Crippen MR) is 82.6 cm³/mol. The Kier molecular flexibility index (Phi) is 6.51. The van der Waals surface area contributed by atoms with Crippen LogP contribution in [0.1, 0.15) is 39.0 Å². The number of rotatable bonds is 5. The lowest BCUT2D eigenvalue weighted by molar-refractivity contribution is -0.129. The van der Waals surface area contributed by atoms with Crippen molar-refractivity contribution in [2.45, 2.75) is 39.0 Å². The summed E-state index contributed by atoms with van der Waals surface area (Å²) in [6.07, 6.45) is 6.48. The van der Waals surface area contributed by atoms with Gasteiger partial charge in [-0.1, -0.05) is 13.3 Å². The van der Waals surface area contributed by atoms with E-state index in [0.29, 0.717) is 11.7 Å². The van der Waals surface area contributed by atoms with Gasteiger partial charge in [0.05, 0.1) is 5.75 Å². The van der Waals surface area contributed by atoms with Gasteiger partial charge >= 0.3 is 0 Å². The first-order valence-corrected chi connectivity index (χ1v) is 8.99. The number of hydrogen-bond donors (Lipinski definition) is 0. The van der Waals surface area contributed by atoms with Crippen LogP contribution in [-0.4, -0.2) is 59.9 Å². The number of nitrogens with zero attached hydrogens (tertiary/aromatic N) is 2. The smallest absolute Gasteiger partial charge is 0.232 e. The maximum atomic E-state index is 12.0. The molecule has 19 heavy (non-hydrogen) atoms. The Labute approximate surface area is 122 Å². The van der Waals surface area contributed by atoms with Crippen molar-refractivity contribution in [3.05, 3.63) is 0 Å². The number of thioether (sulfide) groups is 1. The van der Waals surface area contributed by atoms with E-state index in [2.05, 4.69) is 16.7 Å². The Balaban J connectivity index is 1.53. The first-order valence-electron chi connectivity index (χ1n) is 7.83. The van der Waals surface area contributed by atoms with Crippen LogP contribution in [0, 0.1) is 5.92 Å². The van der Waals surface area contributed by atoms with Crippen molar-refractivity contribution >= 4 is 17.7 Å². The van der Waals surface area contributed by atoms with Gasteiger partial charge in [-0.05, 0) is 44.7 Å². The lowest BCUT2D eigenvalue weighted by atomic mass is 9.99. The maximum absolute atomic E-state index is 12.0. The second kappa shape index (κ2) is 8.15. The van der Waals surface area contributed by atoms with Gasteiger partial charge in [-0.3, -0.25) is 4.79 Å². The van der Waals surface area contributed by atoms with Crippen molar-refractivity contribution in [2.24, 2.45) is 5.92 Å². The molecule has 1 amide bonds. The summed E-state index contributed by atoms with van der Waals surface area (Å²) in [5.41, 5.74) is 0. The zero-order valence-electron chi connectivity index (χ0n) is 12.3.